The molecule has 0 bridgehead atoms. The number of ether oxygens (including phenoxy) is 1. The lowest BCUT2D eigenvalue weighted by molar-refractivity contribution is 0.309. The normalized spacial score (nSPS) is 11.4. The van der Waals surface area contributed by atoms with E-state index in [-0.39, 0.29) is 5.75 Å². The average Bonchev–Trinajstić information content (AvgIpc) is 2.19. The average molecular weight is 244 g/mol. The summed E-state index contributed by atoms with van der Waals surface area (Å²) in [6.45, 7) is 2.45. The summed E-state index contributed by atoms with van der Waals surface area (Å²) in [4.78, 5) is 0. The van der Waals surface area contributed by atoms with Gasteiger partial charge in [0, 0.05) is 0 Å². The summed E-state index contributed by atoms with van der Waals surface area (Å²) in [5.74, 6) is 0.571. The number of unbranched alkanes of at least 4 members (excludes halogenated alkanes) is 1. The molecule has 0 aromatic heterocycles. The quantitative estimate of drug-likeness (QED) is 0.614. The van der Waals surface area contributed by atoms with E-state index in [0.717, 1.165) is 5.75 Å². The van der Waals surface area contributed by atoms with Crippen LogP contribution < -0.4 is 4.74 Å². The summed E-state index contributed by atoms with van der Waals surface area (Å²) in [6.07, 6.45) is 1.01. The Balaban J connectivity index is 2.19. The Morgan fingerprint density at radius 2 is 1.81 bits per heavy atom. The zero-order valence-corrected chi connectivity index (χ0v) is 10.0. The summed E-state index contributed by atoms with van der Waals surface area (Å²) >= 11 is 0. The van der Waals surface area contributed by atoms with Gasteiger partial charge in [-0.05, 0) is 31.9 Å². The molecule has 0 heterocycles. The third-order valence-corrected chi connectivity index (χ3v) is 2.89. The van der Waals surface area contributed by atoms with Gasteiger partial charge in [-0.1, -0.05) is 17.7 Å². The van der Waals surface area contributed by atoms with Gasteiger partial charge in [0.15, 0.2) is 0 Å². The second kappa shape index (κ2) is 5.86. The molecule has 0 saturated carbocycles. The molecule has 0 spiro atoms. The van der Waals surface area contributed by atoms with Crippen LogP contribution in [0.2, 0.25) is 0 Å². The molecular formula is C11H16O4S. The van der Waals surface area contributed by atoms with E-state index in [1.54, 1.807) is 0 Å². The molecule has 0 aliphatic carbocycles. The lowest BCUT2D eigenvalue weighted by Gasteiger charge is -2.05. The van der Waals surface area contributed by atoms with E-state index in [9.17, 15) is 8.42 Å². The SMILES string of the molecule is Cc1ccc(OCCCCS(=O)(=O)O)cc1. The molecule has 0 fully saturated rings. The summed E-state index contributed by atoms with van der Waals surface area (Å²) in [7, 11) is -3.83. The topological polar surface area (TPSA) is 63.6 Å². The fourth-order valence-corrected chi connectivity index (χ4v) is 1.78. The van der Waals surface area contributed by atoms with Crippen molar-refractivity contribution in [3.05, 3.63) is 29.8 Å². The lowest BCUT2D eigenvalue weighted by Crippen LogP contribution is -2.06. The van der Waals surface area contributed by atoms with Crippen LogP contribution in [0.5, 0.6) is 5.75 Å². The minimum Gasteiger partial charge on any atom is -0.494 e. The molecule has 4 nitrogen and oxygen atoms in total. The maximum Gasteiger partial charge on any atom is 0.264 e. The van der Waals surface area contributed by atoms with Crippen molar-refractivity contribution in [3.63, 3.8) is 0 Å². The van der Waals surface area contributed by atoms with E-state index in [4.69, 9.17) is 9.29 Å². The lowest BCUT2D eigenvalue weighted by atomic mass is 10.2. The van der Waals surface area contributed by atoms with Gasteiger partial charge >= 0.3 is 0 Å². The highest BCUT2D eigenvalue weighted by Gasteiger charge is 2.03. The van der Waals surface area contributed by atoms with Crippen molar-refractivity contribution in [2.24, 2.45) is 0 Å². The van der Waals surface area contributed by atoms with Crippen molar-refractivity contribution in [1.82, 2.24) is 0 Å². The number of rotatable bonds is 6. The van der Waals surface area contributed by atoms with Crippen molar-refractivity contribution in [1.29, 1.82) is 0 Å². The molecule has 16 heavy (non-hydrogen) atoms. The number of aryl methyl sites for hydroxylation is 1. The van der Waals surface area contributed by atoms with E-state index in [0.29, 0.717) is 19.4 Å². The van der Waals surface area contributed by atoms with Crippen LogP contribution in [0.15, 0.2) is 24.3 Å². The van der Waals surface area contributed by atoms with Gasteiger partial charge in [-0.2, -0.15) is 8.42 Å². The molecule has 0 amide bonds. The van der Waals surface area contributed by atoms with Crippen molar-refractivity contribution >= 4 is 10.1 Å². The Labute approximate surface area is 96.0 Å². The minimum absolute atomic E-state index is 0.204. The molecule has 1 aromatic rings. The van der Waals surface area contributed by atoms with Gasteiger partial charge in [-0.3, -0.25) is 4.55 Å². The van der Waals surface area contributed by atoms with Crippen molar-refractivity contribution in [2.45, 2.75) is 19.8 Å². The van der Waals surface area contributed by atoms with Crippen molar-refractivity contribution < 1.29 is 17.7 Å². The fraction of sp³-hybridized carbons (Fsp3) is 0.455. The highest BCUT2D eigenvalue weighted by molar-refractivity contribution is 7.85. The summed E-state index contributed by atoms with van der Waals surface area (Å²) in [5, 5.41) is 0. The van der Waals surface area contributed by atoms with Crippen LogP contribution in [0, 0.1) is 6.92 Å². The monoisotopic (exact) mass is 244 g/mol. The van der Waals surface area contributed by atoms with E-state index < -0.39 is 10.1 Å². The van der Waals surface area contributed by atoms with Crippen LogP contribution in [0.3, 0.4) is 0 Å². The van der Waals surface area contributed by atoms with E-state index in [1.165, 1.54) is 5.56 Å². The van der Waals surface area contributed by atoms with Crippen molar-refractivity contribution in [3.8, 4) is 5.75 Å². The molecule has 90 valence electrons. The minimum atomic E-state index is -3.83. The predicted molar refractivity (Wildman–Crippen MR) is 62.3 cm³/mol. The molecule has 0 atom stereocenters. The van der Waals surface area contributed by atoms with Crippen LogP contribution in [-0.2, 0) is 10.1 Å². The Hall–Kier alpha value is -1.07. The molecule has 0 unspecified atom stereocenters. The largest absolute Gasteiger partial charge is 0.494 e. The van der Waals surface area contributed by atoms with Crippen LogP contribution in [0.1, 0.15) is 18.4 Å². The first-order valence-corrected chi connectivity index (χ1v) is 6.73. The maximum absolute atomic E-state index is 10.4. The summed E-state index contributed by atoms with van der Waals surface area (Å²) in [6, 6.07) is 7.65. The molecule has 0 aliphatic rings. The van der Waals surface area contributed by atoms with Crippen LogP contribution in [0.4, 0.5) is 0 Å². The van der Waals surface area contributed by atoms with E-state index >= 15 is 0 Å². The Morgan fingerprint density at radius 3 is 2.38 bits per heavy atom. The van der Waals surface area contributed by atoms with Crippen LogP contribution in [-0.4, -0.2) is 25.3 Å². The van der Waals surface area contributed by atoms with Gasteiger partial charge in [0.1, 0.15) is 5.75 Å². The summed E-state index contributed by atoms with van der Waals surface area (Å²) in [5.41, 5.74) is 1.17. The van der Waals surface area contributed by atoms with Gasteiger partial charge < -0.3 is 4.74 Å². The highest BCUT2D eigenvalue weighted by Crippen LogP contribution is 2.11. The Morgan fingerprint density at radius 1 is 1.19 bits per heavy atom. The van der Waals surface area contributed by atoms with Gasteiger partial charge in [-0.25, -0.2) is 0 Å². The molecule has 1 N–H and O–H groups in total. The van der Waals surface area contributed by atoms with E-state index in [2.05, 4.69) is 0 Å². The Bertz CT molecular complexity index is 408. The zero-order chi connectivity index (χ0) is 12.0. The molecule has 1 aromatic carbocycles. The molecule has 5 heteroatoms. The predicted octanol–water partition coefficient (Wildman–Crippen LogP) is 2.04. The molecule has 0 aliphatic heterocycles. The first kappa shape index (κ1) is 13.0. The zero-order valence-electron chi connectivity index (χ0n) is 9.22. The molecule has 1 rings (SSSR count). The number of hydrogen-bond acceptors (Lipinski definition) is 3. The summed E-state index contributed by atoms with van der Waals surface area (Å²) < 4.78 is 34.7. The van der Waals surface area contributed by atoms with Gasteiger partial charge in [0.25, 0.3) is 10.1 Å². The molecule has 0 saturated heterocycles. The van der Waals surface area contributed by atoms with E-state index in [1.807, 2.05) is 31.2 Å². The molecular weight excluding hydrogens is 228 g/mol. The number of benzene rings is 1. The third-order valence-electron chi connectivity index (χ3n) is 2.09. The Kier molecular flexibility index (Phi) is 4.76. The van der Waals surface area contributed by atoms with Gasteiger partial charge in [-0.15, -0.1) is 0 Å². The smallest absolute Gasteiger partial charge is 0.264 e. The van der Waals surface area contributed by atoms with Crippen molar-refractivity contribution in [2.75, 3.05) is 12.4 Å². The standard InChI is InChI=1S/C11H16O4S/c1-10-4-6-11(7-5-10)15-8-2-3-9-16(12,13)14/h4-7H,2-3,8-9H2,1H3,(H,12,13,14). The first-order chi connectivity index (χ1) is 7.47. The number of hydrogen-bond donors (Lipinski definition) is 1. The second-order valence-corrected chi connectivity index (χ2v) is 5.23. The van der Waals surface area contributed by atoms with Crippen LogP contribution >= 0.6 is 0 Å². The first-order valence-electron chi connectivity index (χ1n) is 5.12. The fourth-order valence-electron chi connectivity index (χ4n) is 1.21. The highest BCUT2D eigenvalue weighted by atomic mass is 32.2. The maximum atomic E-state index is 10.4. The third kappa shape index (κ3) is 5.72. The van der Waals surface area contributed by atoms with Gasteiger partial charge in [0.2, 0.25) is 0 Å². The second-order valence-electron chi connectivity index (χ2n) is 3.65. The van der Waals surface area contributed by atoms with Gasteiger partial charge in [0.05, 0.1) is 12.4 Å². The molecule has 0 radical (unpaired) electrons. The van der Waals surface area contributed by atoms with Crippen LogP contribution in [0.25, 0.3) is 0 Å².